The first-order chi connectivity index (χ1) is 13.7. The van der Waals surface area contributed by atoms with Crippen LogP contribution >= 0.6 is 90.4 Å². The lowest BCUT2D eigenvalue weighted by Gasteiger charge is -2.42. The summed E-state index contributed by atoms with van der Waals surface area (Å²) in [5.41, 5.74) is 0.316. The Kier molecular flexibility index (Phi) is 7.40. The van der Waals surface area contributed by atoms with E-state index in [0.29, 0.717) is 14.9 Å². The predicted molar refractivity (Wildman–Crippen MR) is 131 cm³/mol. The molecule has 1 saturated carbocycles. The molecule has 166 valence electrons. The third-order valence-corrected chi connectivity index (χ3v) is 12.7. The summed E-state index contributed by atoms with van der Waals surface area (Å²) < 4.78 is 76.0. The lowest BCUT2D eigenvalue weighted by Crippen LogP contribution is -2.50. The standard InChI is InChI=1S/C15H10F2I4O8S/c16-15(17,30(24,25)26)13(23)27-5-1-3-14(4-2-5)28-11-6(12(22)29-14)7(18)8(19)9(20)10(11)21/h5H,1-4H2,(H,24,25,26). The Labute approximate surface area is 223 Å². The number of hydrogen-bond acceptors (Lipinski definition) is 7. The summed E-state index contributed by atoms with van der Waals surface area (Å²) in [7, 11) is -5.94. The van der Waals surface area contributed by atoms with Crippen molar-refractivity contribution in [3.05, 3.63) is 19.8 Å². The number of carbonyl (C=O) groups is 2. The van der Waals surface area contributed by atoms with Gasteiger partial charge >= 0.3 is 27.3 Å². The van der Waals surface area contributed by atoms with Crippen molar-refractivity contribution in [2.24, 2.45) is 0 Å². The molecule has 1 N–H and O–H groups in total. The average molecular weight is 896 g/mol. The molecule has 2 aliphatic rings. The molecule has 15 heteroatoms. The molecule has 0 unspecified atom stereocenters. The van der Waals surface area contributed by atoms with Crippen LogP contribution in [-0.2, 0) is 24.4 Å². The van der Waals surface area contributed by atoms with E-state index in [9.17, 15) is 26.8 Å². The van der Waals surface area contributed by atoms with Crippen molar-refractivity contribution in [2.45, 2.75) is 42.8 Å². The van der Waals surface area contributed by atoms with E-state index in [1.807, 2.05) is 22.6 Å². The zero-order valence-electron chi connectivity index (χ0n) is 14.4. The van der Waals surface area contributed by atoms with E-state index in [0.717, 1.165) is 10.7 Å². The van der Waals surface area contributed by atoms with Crippen molar-refractivity contribution >= 4 is 112 Å². The van der Waals surface area contributed by atoms with Crippen molar-refractivity contribution in [1.82, 2.24) is 0 Å². The van der Waals surface area contributed by atoms with Crippen LogP contribution in [0.15, 0.2) is 0 Å². The lowest BCUT2D eigenvalue weighted by atomic mass is 9.90. The molecular weight excluding hydrogens is 886 g/mol. The van der Waals surface area contributed by atoms with Gasteiger partial charge in [-0.1, -0.05) is 0 Å². The smallest absolute Gasteiger partial charge is 0.457 e. The van der Waals surface area contributed by atoms with Crippen LogP contribution < -0.4 is 4.74 Å². The zero-order chi connectivity index (χ0) is 22.6. The molecule has 0 aromatic heterocycles. The van der Waals surface area contributed by atoms with Gasteiger partial charge in [0.05, 0.1) is 3.57 Å². The number of halogens is 6. The summed E-state index contributed by atoms with van der Waals surface area (Å²) in [4.78, 5) is 24.2. The number of fused-ring (bicyclic) bond motifs is 1. The van der Waals surface area contributed by atoms with Crippen LogP contribution in [0.25, 0.3) is 0 Å². The zero-order valence-corrected chi connectivity index (χ0v) is 23.8. The number of benzene rings is 1. The summed E-state index contributed by atoms with van der Waals surface area (Å²) >= 11 is 8.39. The fourth-order valence-corrected chi connectivity index (χ4v) is 6.72. The first-order valence-electron chi connectivity index (χ1n) is 8.04. The van der Waals surface area contributed by atoms with Gasteiger partial charge in [-0.2, -0.15) is 17.2 Å². The molecule has 0 saturated heterocycles. The molecule has 1 heterocycles. The van der Waals surface area contributed by atoms with E-state index >= 15 is 0 Å². The van der Waals surface area contributed by atoms with Gasteiger partial charge in [0.2, 0.25) is 0 Å². The summed E-state index contributed by atoms with van der Waals surface area (Å²) in [5.74, 6) is -3.88. The molecule has 3 rings (SSSR count). The van der Waals surface area contributed by atoms with Crippen LogP contribution in [-0.4, -0.2) is 42.1 Å². The number of rotatable bonds is 3. The maximum atomic E-state index is 13.4. The highest BCUT2D eigenvalue weighted by atomic mass is 127. The maximum Gasteiger partial charge on any atom is 0.465 e. The quantitative estimate of drug-likeness (QED) is 0.157. The van der Waals surface area contributed by atoms with Crippen molar-refractivity contribution in [1.29, 1.82) is 0 Å². The monoisotopic (exact) mass is 896 g/mol. The van der Waals surface area contributed by atoms with E-state index in [2.05, 4.69) is 72.5 Å². The minimum Gasteiger partial charge on any atom is -0.457 e. The van der Waals surface area contributed by atoms with Crippen molar-refractivity contribution < 1.29 is 45.6 Å². The van der Waals surface area contributed by atoms with Gasteiger partial charge in [0.25, 0.3) is 5.79 Å². The highest BCUT2D eigenvalue weighted by Crippen LogP contribution is 2.46. The van der Waals surface area contributed by atoms with Crippen LogP contribution in [0.3, 0.4) is 0 Å². The number of carbonyl (C=O) groups excluding carboxylic acids is 2. The Balaban J connectivity index is 1.77. The van der Waals surface area contributed by atoms with E-state index in [1.54, 1.807) is 0 Å². The molecule has 1 fully saturated rings. The van der Waals surface area contributed by atoms with Crippen molar-refractivity contribution in [3.63, 3.8) is 0 Å². The first kappa shape index (κ1) is 25.3. The Bertz CT molecular complexity index is 1040. The topological polar surface area (TPSA) is 116 Å². The molecule has 1 aliphatic heterocycles. The van der Waals surface area contributed by atoms with Gasteiger partial charge in [-0.25, -0.2) is 9.59 Å². The molecular formula is C15H10F2I4O8S. The van der Waals surface area contributed by atoms with E-state index in [-0.39, 0.29) is 25.7 Å². The molecule has 1 aromatic rings. The highest BCUT2D eigenvalue weighted by Gasteiger charge is 2.55. The van der Waals surface area contributed by atoms with Crippen LogP contribution in [0.5, 0.6) is 5.75 Å². The summed E-state index contributed by atoms with van der Waals surface area (Å²) in [6.45, 7) is 0. The minimum absolute atomic E-state index is 0.00889. The third kappa shape index (κ3) is 4.52. The summed E-state index contributed by atoms with van der Waals surface area (Å²) in [6.07, 6.45) is -0.975. The highest BCUT2D eigenvalue weighted by molar-refractivity contribution is 14.1. The number of ether oxygens (including phenoxy) is 3. The Morgan fingerprint density at radius 3 is 2.13 bits per heavy atom. The van der Waals surface area contributed by atoms with Gasteiger partial charge < -0.3 is 14.2 Å². The number of alkyl halides is 2. The fourth-order valence-electron chi connectivity index (χ4n) is 2.99. The van der Waals surface area contributed by atoms with Crippen LogP contribution in [0.1, 0.15) is 36.0 Å². The molecule has 30 heavy (non-hydrogen) atoms. The van der Waals surface area contributed by atoms with Gasteiger partial charge in [-0.3, -0.25) is 4.55 Å². The second kappa shape index (κ2) is 8.78. The van der Waals surface area contributed by atoms with Crippen LogP contribution in [0.2, 0.25) is 0 Å². The number of hydrogen-bond donors (Lipinski definition) is 1. The molecule has 0 radical (unpaired) electrons. The molecule has 1 spiro atoms. The third-order valence-electron chi connectivity index (χ3n) is 4.52. The minimum atomic E-state index is -5.94. The van der Waals surface area contributed by atoms with E-state index in [1.165, 1.54) is 0 Å². The van der Waals surface area contributed by atoms with Crippen LogP contribution in [0, 0.1) is 14.3 Å². The van der Waals surface area contributed by atoms with Gasteiger partial charge in [-0.15, -0.1) is 0 Å². The molecule has 0 amide bonds. The SMILES string of the molecule is O=C1OC2(CCC(OC(=O)C(F)(F)S(=O)(=O)O)CC2)Oc2c(I)c(I)c(I)c(I)c21. The van der Waals surface area contributed by atoms with E-state index < -0.39 is 39.2 Å². The number of esters is 2. The Hall–Kier alpha value is 0.650. The second-order valence-corrected chi connectivity index (χ2v) is 12.2. The van der Waals surface area contributed by atoms with E-state index in [4.69, 9.17) is 14.0 Å². The molecule has 8 nitrogen and oxygen atoms in total. The van der Waals surface area contributed by atoms with Gasteiger partial charge in [-0.05, 0) is 103 Å². The van der Waals surface area contributed by atoms with Crippen molar-refractivity contribution in [2.75, 3.05) is 0 Å². The Morgan fingerprint density at radius 1 is 1.07 bits per heavy atom. The first-order valence-corrected chi connectivity index (χ1v) is 13.8. The molecule has 0 bridgehead atoms. The predicted octanol–water partition coefficient (Wildman–Crippen LogP) is 4.32. The largest absolute Gasteiger partial charge is 0.465 e. The summed E-state index contributed by atoms with van der Waals surface area (Å²) in [5, 5.41) is -5.06. The lowest BCUT2D eigenvalue weighted by molar-refractivity contribution is -0.196. The van der Waals surface area contributed by atoms with Gasteiger partial charge in [0, 0.05) is 23.6 Å². The normalized spacial score (nSPS) is 24.1. The van der Waals surface area contributed by atoms with Crippen molar-refractivity contribution in [3.8, 4) is 5.75 Å². The van der Waals surface area contributed by atoms with Gasteiger partial charge in [0.1, 0.15) is 11.7 Å². The second-order valence-electron chi connectivity index (χ2n) is 6.46. The van der Waals surface area contributed by atoms with Crippen LogP contribution in [0.4, 0.5) is 8.78 Å². The summed E-state index contributed by atoms with van der Waals surface area (Å²) in [6, 6.07) is 0. The fraction of sp³-hybridized carbons (Fsp3) is 0.467. The average Bonchev–Trinajstić information content (AvgIpc) is 2.65. The van der Waals surface area contributed by atoms with Gasteiger partial charge in [0.15, 0.2) is 5.75 Å². The Morgan fingerprint density at radius 2 is 1.60 bits per heavy atom. The maximum absolute atomic E-state index is 13.4. The molecule has 0 atom stereocenters. The molecule has 1 aromatic carbocycles. The molecule has 1 aliphatic carbocycles.